The summed E-state index contributed by atoms with van der Waals surface area (Å²) in [5, 5.41) is 21.5. The highest BCUT2D eigenvalue weighted by atomic mass is 16.3. The van der Waals surface area contributed by atoms with Gasteiger partial charge in [-0.1, -0.05) is 65.5 Å². The number of rotatable bonds is 5. The molecule has 0 amide bonds. The molecule has 2 nitrogen and oxygen atoms in total. The predicted octanol–water partition coefficient (Wildman–Crippen LogP) is 6.36. The van der Waals surface area contributed by atoms with Crippen LogP contribution in [0.25, 0.3) is 0 Å². The van der Waals surface area contributed by atoms with E-state index in [1.165, 1.54) is 50.5 Å². The van der Waals surface area contributed by atoms with Crippen LogP contribution in [0, 0.1) is 46.3 Å². The van der Waals surface area contributed by atoms with Crippen LogP contribution in [0.1, 0.15) is 98.8 Å². The molecule has 0 aromatic carbocycles. The van der Waals surface area contributed by atoms with Crippen molar-refractivity contribution in [1.82, 2.24) is 0 Å². The van der Waals surface area contributed by atoms with Crippen LogP contribution >= 0.6 is 0 Å². The van der Waals surface area contributed by atoms with Gasteiger partial charge in [-0.05, 0) is 91.3 Å². The van der Waals surface area contributed by atoms with Gasteiger partial charge < -0.3 is 10.2 Å². The summed E-state index contributed by atoms with van der Waals surface area (Å²) < 4.78 is 0. The lowest BCUT2D eigenvalue weighted by Crippen LogP contribution is -2.54. The molecule has 3 fully saturated rings. The van der Waals surface area contributed by atoms with Crippen molar-refractivity contribution in [3.63, 3.8) is 0 Å². The summed E-state index contributed by atoms with van der Waals surface area (Å²) in [6.07, 6.45) is 13.9. The average molecular weight is 403 g/mol. The fourth-order valence-electron chi connectivity index (χ4n) is 8.65. The van der Waals surface area contributed by atoms with Crippen LogP contribution in [0.2, 0.25) is 0 Å². The molecule has 0 bridgehead atoms. The van der Waals surface area contributed by atoms with E-state index in [0.29, 0.717) is 23.2 Å². The summed E-state index contributed by atoms with van der Waals surface area (Å²) in [4.78, 5) is 0. The van der Waals surface area contributed by atoms with Crippen LogP contribution in [-0.4, -0.2) is 22.4 Å². The monoisotopic (exact) mass is 402 g/mol. The van der Waals surface area contributed by atoms with Crippen molar-refractivity contribution < 1.29 is 10.2 Å². The summed E-state index contributed by atoms with van der Waals surface area (Å²) in [6.45, 7) is 12.2. The van der Waals surface area contributed by atoms with E-state index in [0.717, 1.165) is 37.0 Å². The SMILES string of the molecule is CC(C)CCCC(C)[C@H]1CC[C@H]2C3[C@H](O)C=C4C[C@@H](O)CC[C@]4(C)[C@H]3CC[C@]12C. The topological polar surface area (TPSA) is 40.5 Å². The fraction of sp³-hybridized carbons (Fsp3) is 0.926. The summed E-state index contributed by atoms with van der Waals surface area (Å²) >= 11 is 0. The van der Waals surface area contributed by atoms with Crippen LogP contribution < -0.4 is 0 Å². The molecule has 0 aromatic rings. The molecule has 0 aromatic heterocycles. The molecule has 29 heavy (non-hydrogen) atoms. The van der Waals surface area contributed by atoms with Crippen molar-refractivity contribution in [1.29, 1.82) is 0 Å². The lowest BCUT2D eigenvalue weighted by atomic mass is 9.46. The summed E-state index contributed by atoms with van der Waals surface area (Å²) in [5.74, 6) is 4.18. The maximum absolute atomic E-state index is 11.3. The van der Waals surface area contributed by atoms with Crippen molar-refractivity contribution in [2.24, 2.45) is 46.3 Å². The molecule has 4 aliphatic rings. The van der Waals surface area contributed by atoms with Gasteiger partial charge in [-0.15, -0.1) is 0 Å². The minimum Gasteiger partial charge on any atom is -0.393 e. The Balaban J connectivity index is 1.54. The van der Waals surface area contributed by atoms with Crippen molar-refractivity contribution in [3.05, 3.63) is 11.6 Å². The van der Waals surface area contributed by atoms with Crippen LogP contribution in [0.3, 0.4) is 0 Å². The van der Waals surface area contributed by atoms with Crippen molar-refractivity contribution >= 4 is 0 Å². The van der Waals surface area contributed by atoms with Gasteiger partial charge >= 0.3 is 0 Å². The van der Waals surface area contributed by atoms with Crippen LogP contribution in [-0.2, 0) is 0 Å². The number of aliphatic hydroxyl groups excluding tert-OH is 2. The van der Waals surface area contributed by atoms with Crippen molar-refractivity contribution in [2.75, 3.05) is 0 Å². The number of aliphatic hydroxyl groups is 2. The van der Waals surface area contributed by atoms with Crippen LogP contribution in [0.5, 0.6) is 0 Å². The van der Waals surface area contributed by atoms with E-state index < -0.39 is 0 Å². The molecule has 0 saturated heterocycles. The lowest BCUT2D eigenvalue weighted by molar-refractivity contribution is -0.0970. The minimum atomic E-state index is -0.298. The molecule has 2 heteroatoms. The number of hydrogen-bond acceptors (Lipinski definition) is 2. The molecule has 9 atom stereocenters. The Labute approximate surface area is 179 Å². The van der Waals surface area contributed by atoms with Gasteiger partial charge in [0, 0.05) is 0 Å². The molecule has 0 radical (unpaired) electrons. The van der Waals surface area contributed by atoms with Gasteiger partial charge in [-0.3, -0.25) is 0 Å². The largest absolute Gasteiger partial charge is 0.393 e. The molecule has 166 valence electrons. The van der Waals surface area contributed by atoms with E-state index in [1.807, 2.05) is 0 Å². The van der Waals surface area contributed by atoms with Gasteiger partial charge in [0.15, 0.2) is 0 Å². The zero-order valence-electron chi connectivity index (χ0n) is 19.7. The third-order valence-corrected chi connectivity index (χ3v) is 10.3. The van der Waals surface area contributed by atoms with Gasteiger partial charge in [0.1, 0.15) is 0 Å². The quantitative estimate of drug-likeness (QED) is 0.525. The van der Waals surface area contributed by atoms with E-state index in [1.54, 1.807) is 0 Å². The normalized spacial score (nSPS) is 47.9. The second kappa shape index (κ2) is 7.97. The average Bonchev–Trinajstić information content (AvgIpc) is 3.00. The second-order valence-corrected chi connectivity index (χ2v) is 12.3. The smallest absolute Gasteiger partial charge is 0.0757 e. The van der Waals surface area contributed by atoms with Crippen molar-refractivity contribution in [3.8, 4) is 0 Å². The molecule has 0 heterocycles. The molecule has 0 aliphatic heterocycles. The molecule has 2 N–H and O–H groups in total. The Bertz CT molecular complexity index is 624. The Hall–Kier alpha value is -0.340. The Morgan fingerprint density at radius 3 is 2.45 bits per heavy atom. The van der Waals surface area contributed by atoms with E-state index in [-0.39, 0.29) is 17.6 Å². The van der Waals surface area contributed by atoms with Gasteiger partial charge in [0.05, 0.1) is 12.2 Å². The van der Waals surface area contributed by atoms with E-state index >= 15 is 0 Å². The van der Waals surface area contributed by atoms with Crippen LogP contribution in [0.4, 0.5) is 0 Å². The third-order valence-electron chi connectivity index (χ3n) is 10.3. The number of fused-ring (bicyclic) bond motifs is 5. The molecule has 4 rings (SSSR count). The zero-order valence-corrected chi connectivity index (χ0v) is 19.7. The number of hydrogen-bond donors (Lipinski definition) is 2. The van der Waals surface area contributed by atoms with Gasteiger partial charge in [-0.25, -0.2) is 0 Å². The molecule has 3 saturated carbocycles. The first kappa shape index (κ1) is 21.9. The highest BCUT2D eigenvalue weighted by Gasteiger charge is 2.61. The van der Waals surface area contributed by atoms with E-state index in [2.05, 4.69) is 40.7 Å². The highest BCUT2D eigenvalue weighted by molar-refractivity contribution is 5.27. The lowest BCUT2D eigenvalue weighted by Gasteiger charge is -2.59. The Morgan fingerprint density at radius 1 is 0.966 bits per heavy atom. The standard InChI is InChI=1S/C27H46O2/c1-17(2)7-6-8-18(3)21-9-10-22-25-23(12-14-27(21,22)5)26(4)13-11-20(28)15-19(26)16-24(25)29/h16-18,20-25,28-29H,6-15H2,1-5H3/t18?,20-,21+,22-,23-,24+,25?,26-,27+/m0/s1. The van der Waals surface area contributed by atoms with Gasteiger partial charge in [-0.2, -0.15) is 0 Å². The van der Waals surface area contributed by atoms with E-state index in [4.69, 9.17) is 0 Å². The first-order chi connectivity index (χ1) is 13.7. The fourth-order valence-corrected chi connectivity index (χ4v) is 8.65. The van der Waals surface area contributed by atoms with E-state index in [9.17, 15) is 10.2 Å². The summed E-state index contributed by atoms with van der Waals surface area (Å²) in [7, 11) is 0. The maximum Gasteiger partial charge on any atom is 0.0757 e. The second-order valence-electron chi connectivity index (χ2n) is 12.3. The molecular weight excluding hydrogens is 356 g/mol. The summed E-state index contributed by atoms with van der Waals surface area (Å²) in [5.41, 5.74) is 1.99. The van der Waals surface area contributed by atoms with Gasteiger partial charge in [0.2, 0.25) is 0 Å². The van der Waals surface area contributed by atoms with Crippen molar-refractivity contribution in [2.45, 2.75) is 111 Å². The molecular formula is C27H46O2. The molecule has 0 spiro atoms. The Morgan fingerprint density at radius 2 is 1.72 bits per heavy atom. The third kappa shape index (κ3) is 3.65. The first-order valence-corrected chi connectivity index (χ1v) is 12.7. The Kier molecular flexibility index (Phi) is 6.01. The first-order valence-electron chi connectivity index (χ1n) is 12.7. The predicted molar refractivity (Wildman–Crippen MR) is 120 cm³/mol. The highest BCUT2D eigenvalue weighted by Crippen LogP contribution is 2.67. The van der Waals surface area contributed by atoms with Crippen LogP contribution in [0.15, 0.2) is 11.6 Å². The summed E-state index contributed by atoms with van der Waals surface area (Å²) in [6, 6.07) is 0. The maximum atomic E-state index is 11.3. The zero-order chi connectivity index (χ0) is 21.0. The molecule has 4 aliphatic carbocycles. The minimum absolute atomic E-state index is 0.200. The van der Waals surface area contributed by atoms with Gasteiger partial charge in [0.25, 0.3) is 0 Å². The molecule has 2 unspecified atom stereocenters.